The minimum absolute atomic E-state index is 0.0637. The van der Waals surface area contributed by atoms with Crippen molar-refractivity contribution < 1.29 is 18.0 Å². The fraction of sp³-hybridized carbons (Fsp3) is 0. The molecule has 26 heavy (non-hydrogen) atoms. The van der Waals surface area contributed by atoms with Crippen LogP contribution in [0.5, 0.6) is 0 Å². The lowest BCUT2D eigenvalue weighted by Gasteiger charge is -2.00. The second kappa shape index (κ2) is 6.70. The molecule has 7 nitrogen and oxygen atoms in total. The highest BCUT2D eigenvalue weighted by molar-refractivity contribution is 6.35. The summed E-state index contributed by atoms with van der Waals surface area (Å²) in [7, 11) is 0. The number of aromatic nitrogens is 2. The number of nitrogens with zero attached hydrogens (tertiary/aromatic N) is 2. The SMILES string of the molecule is O=C(Nc1nnc(-c2ccco2)o1)c1ccc(-c2cc(Cl)cc(Cl)c2)o1. The Bertz CT molecular complexity index is 1050. The summed E-state index contributed by atoms with van der Waals surface area (Å²) in [5.74, 6) is 0.518. The molecule has 0 radical (unpaired) electrons. The van der Waals surface area contributed by atoms with Gasteiger partial charge in [-0.1, -0.05) is 28.3 Å². The van der Waals surface area contributed by atoms with Crippen LogP contribution in [0.2, 0.25) is 10.0 Å². The molecule has 4 aromatic rings. The Labute approximate surface area is 156 Å². The van der Waals surface area contributed by atoms with Crippen LogP contribution in [0, 0.1) is 0 Å². The fourth-order valence-corrected chi connectivity index (χ4v) is 2.77. The van der Waals surface area contributed by atoms with E-state index in [4.69, 9.17) is 36.5 Å². The van der Waals surface area contributed by atoms with Crippen LogP contribution in [0.4, 0.5) is 6.01 Å². The fourth-order valence-electron chi connectivity index (χ4n) is 2.24. The van der Waals surface area contributed by atoms with Gasteiger partial charge < -0.3 is 13.3 Å². The Morgan fingerprint density at radius 2 is 1.77 bits per heavy atom. The van der Waals surface area contributed by atoms with Gasteiger partial charge in [0, 0.05) is 15.6 Å². The Kier molecular flexibility index (Phi) is 4.24. The van der Waals surface area contributed by atoms with Crippen molar-refractivity contribution in [1.82, 2.24) is 10.2 Å². The van der Waals surface area contributed by atoms with Crippen molar-refractivity contribution in [3.05, 3.63) is 64.5 Å². The second-order valence-electron chi connectivity index (χ2n) is 5.17. The van der Waals surface area contributed by atoms with Gasteiger partial charge in [-0.25, -0.2) is 0 Å². The molecule has 0 fully saturated rings. The molecule has 0 atom stereocenters. The molecule has 0 bridgehead atoms. The Hall–Kier alpha value is -3.03. The van der Waals surface area contributed by atoms with E-state index in [1.54, 1.807) is 36.4 Å². The van der Waals surface area contributed by atoms with Crippen molar-refractivity contribution in [1.29, 1.82) is 0 Å². The monoisotopic (exact) mass is 389 g/mol. The van der Waals surface area contributed by atoms with E-state index < -0.39 is 5.91 Å². The number of hydrogen-bond acceptors (Lipinski definition) is 6. The summed E-state index contributed by atoms with van der Waals surface area (Å²) in [6, 6.07) is 11.4. The molecule has 1 N–H and O–H groups in total. The number of nitrogens with one attached hydrogen (secondary N) is 1. The molecule has 0 saturated heterocycles. The van der Waals surface area contributed by atoms with Gasteiger partial charge in [-0.15, -0.1) is 5.10 Å². The molecule has 130 valence electrons. The molecule has 0 spiro atoms. The second-order valence-corrected chi connectivity index (χ2v) is 6.04. The van der Waals surface area contributed by atoms with Gasteiger partial charge >= 0.3 is 6.01 Å². The summed E-state index contributed by atoms with van der Waals surface area (Å²) in [6.07, 6.45) is 1.48. The van der Waals surface area contributed by atoms with Gasteiger partial charge in [-0.05, 0) is 42.5 Å². The van der Waals surface area contributed by atoms with E-state index in [-0.39, 0.29) is 17.7 Å². The molecule has 1 aromatic carbocycles. The van der Waals surface area contributed by atoms with Crippen LogP contribution in [-0.2, 0) is 0 Å². The van der Waals surface area contributed by atoms with Gasteiger partial charge in [-0.2, -0.15) is 0 Å². The molecular formula is C17H9Cl2N3O4. The van der Waals surface area contributed by atoms with Crippen molar-refractivity contribution in [2.75, 3.05) is 5.32 Å². The number of amides is 1. The van der Waals surface area contributed by atoms with Crippen LogP contribution in [0.15, 0.2) is 62.0 Å². The van der Waals surface area contributed by atoms with Gasteiger partial charge in [0.25, 0.3) is 11.8 Å². The first-order chi connectivity index (χ1) is 12.6. The minimum atomic E-state index is -0.543. The number of carbonyl (C=O) groups is 1. The van der Waals surface area contributed by atoms with E-state index in [2.05, 4.69) is 15.5 Å². The van der Waals surface area contributed by atoms with Crippen molar-refractivity contribution >= 4 is 35.1 Å². The summed E-state index contributed by atoms with van der Waals surface area (Å²) in [4.78, 5) is 12.3. The lowest BCUT2D eigenvalue weighted by atomic mass is 10.2. The first kappa shape index (κ1) is 16.4. The van der Waals surface area contributed by atoms with Crippen LogP contribution in [0.25, 0.3) is 23.0 Å². The Morgan fingerprint density at radius 1 is 0.962 bits per heavy atom. The first-order valence-electron chi connectivity index (χ1n) is 7.33. The molecule has 0 saturated carbocycles. The van der Waals surface area contributed by atoms with Gasteiger partial charge in [0.15, 0.2) is 11.5 Å². The first-order valence-corrected chi connectivity index (χ1v) is 8.09. The van der Waals surface area contributed by atoms with Gasteiger partial charge in [-0.3, -0.25) is 10.1 Å². The zero-order valence-corrected chi connectivity index (χ0v) is 14.4. The summed E-state index contributed by atoms with van der Waals surface area (Å²) < 4.78 is 16.0. The van der Waals surface area contributed by atoms with Crippen molar-refractivity contribution in [3.63, 3.8) is 0 Å². The van der Waals surface area contributed by atoms with Crippen molar-refractivity contribution in [2.45, 2.75) is 0 Å². The zero-order chi connectivity index (χ0) is 18.1. The number of carbonyl (C=O) groups excluding carboxylic acids is 1. The highest BCUT2D eigenvalue weighted by Gasteiger charge is 2.17. The molecule has 1 amide bonds. The maximum atomic E-state index is 12.3. The van der Waals surface area contributed by atoms with Gasteiger partial charge in [0.2, 0.25) is 0 Å². The summed E-state index contributed by atoms with van der Waals surface area (Å²) >= 11 is 12.0. The molecular weight excluding hydrogens is 381 g/mol. The molecule has 0 aliphatic rings. The highest BCUT2D eigenvalue weighted by Crippen LogP contribution is 2.29. The predicted molar refractivity (Wildman–Crippen MR) is 94.1 cm³/mol. The number of benzene rings is 1. The minimum Gasteiger partial charge on any atom is -0.459 e. The normalized spacial score (nSPS) is 10.8. The van der Waals surface area contributed by atoms with E-state index in [1.807, 2.05) is 0 Å². The standard InChI is InChI=1S/C17H9Cl2N3O4/c18-10-6-9(7-11(19)8-10)12-3-4-13(25-12)15(23)20-17-22-21-16(26-17)14-2-1-5-24-14/h1-8H,(H,20,22,23). The van der Waals surface area contributed by atoms with Crippen molar-refractivity contribution in [2.24, 2.45) is 0 Å². The predicted octanol–water partition coefficient (Wildman–Crippen LogP) is 5.15. The van der Waals surface area contributed by atoms with E-state index >= 15 is 0 Å². The molecule has 3 heterocycles. The van der Waals surface area contributed by atoms with E-state index in [0.29, 0.717) is 27.1 Å². The van der Waals surface area contributed by atoms with Crippen molar-refractivity contribution in [3.8, 4) is 23.0 Å². The third-order valence-electron chi connectivity index (χ3n) is 3.35. The smallest absolute Gasteiger partial charge is 0.323 e. The molecule has 0 aliphatic heterocycles. The zero-order valence-electron chi connectivity index (χ0n) is 12.9. The average molecular weight is 390 g/mol. The largest absolute Gasteiger partial charge is 0.459 e. The topological polar surface area (TPSA) is 94.3 Å². The highest BCUT2D eigenvalue weighted by atomic mass is 35.5. The summed E-state index contributed by atoms with van der Waals surface area (Å²) in [5, 5.41) is 10.9. The van der Waals surface area contributed by atoms with E-state index in [1.165, 1.54) is 12.3 Å². The van der Waals surface area contributed by atoms with E-state index in [0.717, 1.165) is 0 Å². The lowest BCUT2D eigenvalue weighted by molar-refractivity contribution is 0.0994. The van der Waals surface area contributed by atoms with E-state index in [9.17, 15) is 4.79 Å². The number of rotatable bonds is 4. The van der Waals surface area contributed by atoms with Crippen LogP contribution >= 0.6 is 23.2 Å². The van der Waals surface area contributed by atoms with Gasteiger partial charge in [0.05, 0.1) is 6.26 Å². The molecule has 4 rings (SSSR count). The van der Waals surface area contributed by atoms with Crippen LogP contribution in [0.1, 0.15) is 10.6 Å². The summed E-state index contributed by atoms with van der Waals surface area (Å²) in [5.41, 5.74) is 0.652. The van der Waals surface area contributed by atoms with Gasteiger partial charge in [0.1, 0.15) is 5.76 Å². The number of anilines is 1. The van der Waals surface area contributed by atoms with Crippen LogP contribution < -0.4 is 5.32 Å². The van der Waals surface area contributed by atoms with Crippen LogP contribution in [-0.4, -0.2) is 16.1 Å². The summed E-state index contributed by atoms with van der Waals surface area (Å²) in [6.45, 7) is 0. The van der Waals surface area contributed by atoms with Crippen LogP contribution in [0.3, 0.4) is 0 Å². The quantitative estimate of drug-likeness (QED) is 0.518. The maximum Gasteiger partial charge on any atom is 0.323 e. The number of halogens is 2. The Morgan fingerprint density at radius 3 is 2.50 bits per heavy atom. The number of furan rings is 2. The molecule has 0 unspecified atom stereocenters. The maximum absolute atomic E-state index is 12.3. The third-order valence-corrected chi connectivity index (χ3v) is 3.79. The molecule has 3 aromatic heterocycles. The lowest BCUT2D eigenvalue weighted by Crippen LogP contribution is -2.11. The Balaban J connectivity index is 1.52. The molecule has 9 heteroatoms. The molecule has 0 aliphatic carbocycles. The third kappa shape index (κ3) is 3.35. The average Bonchev–Trinajstić information content (AvgIpc) is 3.35. The number of hydrogen-bond donors (Lipinski definition) is 1.